The van der Waals surface area contributed by atoms with Gasteiger partial charge in [0.1, 0.15) is 11.5 Å². The Morgan fingerprint density at radius 2 is 1.92 bits per heavy atom. The van der Waals surface area contributed by atoms with Crippen molar-refractivity contribution in [2.24, 2.45) is 9.98 Å². The van der Waals surface area contributed by atoms with Crippen LogP contribution < -0.4 is 5.32 Å². The predicted octanol–water partition coefficient (Wildman–Crippen LogP) is 5.56. The van der Waals surface area contributed by atoms with E-state index in [1.165, 1.54) is 0 Å². The van der Waals surface area contributed by atoms with Crippen molar-refractivity contribution in [3.63, 3.8) is 0 Å². The Morgan fingerprint density at radius 1 is 1.20 bits per heavy atom. The summed E-state index contributed by atoms with van der Waals surface area (Å²) in [7, 11) is 0. The second kappa shape index (κ2) is 10.1. The van der Waals surface area contributed by atoms with Gasteiger partial charge in [0, 0.05) is 17.8 Å². The van der Waals surface area contributed by atoms with E-state index < -0.39 is 5.67 Å². The number of nitrogens with one attached hydrogen (secondary N) is 1. The molecule has 0 amide bonds. The lowest BCUT2D eigenvalue weighted by Crippen LogP contribution is -2.27. The van der Waals surface area contributed by atoms with Crippen LogP contribution in [-0.4, -0.2) is 19.1 Å². The van der Waals surface area contributed by atoms with E-state index in [1.807, 2.05) is 24.3 Å². The zero-order valence-corrected chi connectivity index (χ0v) is 16.3. The molecule has 0 heterocycles. The van der Waals surface area contributed by atoms with E-state index in [1.54, 1.807) is 13.8 Å². The number of aliphatic imine (C=N–C) groups is 2. The van der Waals surface area contributed by atoms with E-state index in [2.05, 4.69) is 37.8 Å². The molecule has 1 N–H and O–H groups in total. The van der Waals surface area contributed by atoms with Crippen molar-refractivity contribution < 1.29 is 4.39 Å². The maximum absolute atomic E-state index is 14.2. The normalized spacial score (nSPS) is 13.4. The quantitative estimate of drug-likeness (QED) is 0.461. The number of nitrogens with zero attached hydrogens (tertiary/aromatic N) is 2. The Morgan fingerprint density at radius 3 is 2.44 bits per heavy atom. The molecule has 0 unspecified atom stereocenters. The maximum atomic E-state index is 14.2. The molecule has 0 saturated carbocycles. The van der Waals surface area contributed by atoms with Crippen molar-refractivity contribution in [3.8, 4) is 0 Å². The van der Waals surface area contributed by atoms with Gasteiger partial charge in [0.25, 0.3) is 0 Å². The van der Waals surface area contributed by atoms with Crippen molar-refractivity contribution in [2.45, 2.75) is 66.1 Å². The van der Waals surface area contributed by atoms with Crippen LogP contribution >= 0.6 is 0 Å². The molecule has 0 bridgehead atoms. The third-order valence-electron chi connectivity index (χ3n) is 4.09. The molecule has 4 heteroatoms. The minimum Gasteiger partial charge on any atom is -0.370 e. The minimum absolute atomic E-state index is 0.508. The maximum Gasteiger partial charge on any atom is 0.130 e. The Bertz CT molecular complexity index is 624. The fraction of sp³-hybridized carbons (Fsp3) is 0.524. The number of allylic oxidation sites excluding steroid dienone is 1. The molecule has 1 aromatic carbocycles. The summed E-state index contributed by atoms with van der Waals surface area (Å²) in [6.45, 7) is 14.5. The van der Waals surface area contributed by atoms with Crippen LogP contribution in [0.3, 0.4) is 0 Å². The highest BCUT2D eigenvalue weighted by Crippen LogP contribution is 2.25. The summed E-state index contributed by atoms with van der Waals surface area (Å²) in [5.74, 6) is 0.874. The molecule has 1 aromatic rings. The Kier molecular flexibility index (Phi) is 8.53. The lowest BCUT2D eigenvalue weighted by Gasteiger charge is -2.16. The van der Waals surface area contributed by atoms with Crippen molar-refractivity contribution in [1.82, 2.24) is 5.32 Å². The minimum atomic E-state index is -1.35. The van der Waals surface area contributed by atoms with Gasteiger partial charge in [0.15, 0.2) is 0 Å². The molecule has 0 atom stereocenters. The molecule has 0 spiro atoms. The van der Waals surface area contributed by atoms with E-state index in [-0.39, 0.29) is 0 Å². The highest BCUT2D eigenvalue weighted by Gasteiger charge is 2.18. The van der Waals surface area contributed by atoms with Crippen molar-refractivity contribution in [1.29, 1.82) is 0 Å². The van der Waals surface area contributed by atoms with Gasteiger partial charge in [-0.1, -0.05) is 45.0 Å². The van der Waals surface area contributed by atoms with Gasteiger partial charge >= 0.3 is 0 Å². The molecule has 1 rings (SSSR count). The number of hydrogen-bond acceptors (Lipinski definition) is 2. The molecule has 0 aromatic heterocycles. The van der Waals surface area contributed by atoms with Crippen LogP contribution in [-0.2, 0) is 12.2 Å². The molecule has 0 fully saturated rings. The molecular weight excluding hydrogens is 313 g/mol. The summed E-state index contributed by atoms with van der Waals surface area (Å²) < 4.78 is 14.2. The zero-order chi connectivity index (χ0) is 18.9. The van der Waals surface area contributed by atoms with Gasteiger partial charge in [-0.15, -0.1) is 0 Å². The summed E-state index contributed by atoms with van der Waals surface area (Å²) in [6.07, 6.45) is 2.69. The first-order valence-electron chi connectivity index (χ1n) is 9.13. The van der Waals surface area contributed by atoms with Crippen LogP contribution in [0, 0.1) is 0 Å². The summed E-state index contributed by atoms with van der Waals surface area (Å²) in [5.41, 5.74) is 2.41. The Labute approximate surface area is 152 Å². The lowest BCUT2D eigenvalue weighted by molar-refractivity contribution is 0.221. The van der Waals surface area contributed by atoms with Gasteiger partial charge in [-0.25, -0.2) is 4.39 Å². The topological polar surface area (TPSA) is 36.8 Å². The fourth-order valence-corrected chi connectivity index (χ4v) is 2.64. The van der Waals surface area contributed by atoms with E-state index in [0.717, 1.165) is 48.5 Å². The molecule has 0 saturated heterocycles. The monoisotopic (exact) mass is 345 g/mol. The first-order chi connectivity index (χ1) is 11.9. The lowest BCUT2D eigenvalue weighted by atomic mass is 9.98. The number of hydrogen-bond donors (Lipinski definition) is 1. The Balaban J connectivity index is 3.16. The largest absolute Gasteiger partial charge is 0.370 e. The third kappa shape index (κ3) is 6.45. The first-order valence-corrected chi connectivity index (χ1v) is 9.13. The van der Waals surface area contributed by atoms with Gasteiger partial charge in [0.2, 0.25) is 0 Å². The van der Waals surface area contributed by atoms with Gasteiger partial charge in [-0.3, -0.25) is 9.98 Å². The number of rotatable bonds is 9. The summed E-state index contributed by atoms with van der Waals surface area (Å²) in [4.78, 5) is 8.95. The SMILES string of the molecule is C=N/C(CC)=C(/CC)C(=NCc1cccc(C(C)(C)F)c1)NCCC. The molecule has 0 aliphatic heterocycles. The second-order valence-electron chi connectivity index (χ2n) is 6.55. The van der Waals surface area contributed by atoms with Crippen molar-refractivity contribution >= 4 is 12.6 Å². The molecule has 0 aliphatic carbocycles. The highest BCUT2D eigenvalue weighted by molar-refractivity contribution is 5.99. The smallest absolute Gasteiger partial charge is 0.130 e. The van der Waals surface area contributed by atoms with Crippen LogP contribution in [0.25, 0.3) is 0 Å². The second-order valence-corrected chi connectivity index (χ2v) is 6.55. The van der Waals surface area contributed by atoms with Crippen molar-refractivity contribution in [2.75, 3.05) is 6.54 Å². The van der Waals surface area contributed by atoms with Gasteiger partial charge in [-0.05, 0) is 51.0 Å². The van der Waals surface area contributed by atoms with Gasteiger partial charge < -0.3 is 5.32 Å². The molecule has 0 aliphatic rings. The average molecular weight is 346 g/mol. The molecule has 0 radical (unpaired) electrons. The number of halogens is 1. The molecule has 138 valence electrons. The van der Waals surface area contributed by atoms with Gasteiger partial charge in [0.05, 0.1) is 6.54 Å². The average Bonchev–Trinajstić information content (AvgIpc) is 2.60. The van der Waals surface area contributed by atoms with Crippen molar-refractivity contribution in [3.05, 3.63) is 46.7 Å². The van der Waals surface area contributed by atoms with E-state index in [4.69, 9.17) is 4.99 Å². The highest BCUT2D eigenvalue weighted by atomic mass is 19.1. The first kappa shape index (κ1) is 21.1. The summed E-state index contributed by atoms with van der Waals surface area (Å²) in [5, 5.41) is 3.41. The Hall–Kier alpha value is -1.97. The van der Waals surface area contributed by atoms with Crippen LogP contribution in [0.15, 0.2) is 45.5 Å². The fourth-order valence-electron chi connectivity index (χ4n) is 2.64. The third-order valence-corrected chi connectivity index (χ3v) is 4.09. The van der Waals surface area contributed by atoms with Crippen LogP contribution in [0.4, 0.5) is 4.39 Å². The molecular formula is C21H32FN3. The molecule has 3 nitrogen and oxygen atoms in total. The predicted molar refractivity (Wildman–Crippen MR) is 107 cm³/mol. The van der Waals surface area contributed by atoms with Crippen LogP contribution in [0.1, 0.15) is 65.0 Å². The van der Waals surface area contributed by atoms with E-state index in [9.17, 15) is 4.39 Å². The standard InChI is InChI=1S/C21H32FN3/c1-7-13-24-20(18(8-2)19(9-3)23-6)25-15-16-11-10-12-17(14-16)21(4,5)22/h10-12,14H,6-9,13,15H2,1-5H3,(H,24,25)/b19-18-. The summed E-state index contributed by atoms with van der Waals surface area (Å²) >= 11 is 0. The van der Waals surface area contributed by atoms with E-state index >= 15 is 0 Å². The van der Waals surface area contributed by atoms with Gasteiger partial charge in [-0.2, -0.15) is 0 Å². The van der Waals surface area contributed by atoms with Crippen LogP contribution in [0.2, 0.25) is 0 Å². The summed E-state index contributed by atoms with van der Waals surface area (Å²) in [6, 6.07) is 7.58. The molecule has 25 heavy (non-hydrogen) atoms. The van der Waals surface area contributed by atoms with E-state index in [0.29, 0.717) is 12.1 Å². The number of benzene rings is 1. The number of alkyl halides is 1. The zero-order valence-electron chi connectivity index (χ0n) is 16.3. The van der Waals surface area contributed by atoms with Crippen LogP contribution in [0.5, 0.6) is 0 Å². The number of amidine groups is 1.